The number of piperazine rings is 1. The number of halogens is 3. The summed E-state index contributed by atoms with van der Waals surface area (Å²) in [7, 11) is 1.79. The smallest absolute Gasteiger partial charge is 0.319 e. The topological polar surface area (TPSA) is 71.3 Å². The Morgan fingerprint density at radius 2 is 1.89 bits per heavy atom. The predicted octanol–water partition coefficient (Wildman–Crippen LogP) is 5.49. The molecule has 6 heterocycles. The summed E-state index contributed by atoms with van der Waals surface area (Å²) in [6.07, 6.45) is 11.1. The molecule has 0 aliphatic carbocycles. The van der Waals surface area contributed by atoms with Crippen LogP contribution in [0.1, 0.15) is 37.7 Å². The van der Waals surface area contributed by atoms with Gasteiger partial charge in [0.05, 0.1) is 16.5 Å². The first-order chi connectivity index (χ1) is 22.8. The number of alkyl halides is 1. The molecule has 0 radical (unpaired) electrons. The van der Waals surface area contributed by atoms with E-state index in [1.165, 1.54) is 6.07 Å². The van der Waals surface area contributed by atoms with Crippen molar-refractivity contribution in [2.45, 2.75) is 55.9 Å². The molecule has 4 saturated heterocycles. The molecule has 9 rings (SSSR count). The summed E-state index contributed by atoms with van der Waals surface area (Å²) >= 11 is 0. The molecule has 0 unspecified atom stereocenters. The van der Waals surface area contributed by atoms with Crippen LogP contribution in [-0.4, -0.2) is 81.2 Å². The molecule has 11 heteroatoms. The lowest BCUT2D eigenvalue weighted by Crippen LogP contribution is -2.51. The van der Waals surface area contributed by atoms with Crippen molar-refractivity contribution in [1.29, 1.82) is 0 Å². The fourth-order valence-electron chi connectivity index (χ4n) is 8.77. The number of aromatic nitrogens is 4. The van der Waals surface area contributed by atoms with Crippen LogP contribution in [0.25, 0.3) is 43.7 Å². The molecule has 4 aliphatic heterocycles. The number of aryl methyl sites for hydroxylation is 1. The quantitative estimate of drug-likeness (QED) is 0.256. The molecule has 4 atom stereocenters. The van der Waals surface area contributed by atoms with Gasteiger partial charge in [-0.2, -0.15) is 15.1 Å². The predicted molar refractivity (Wildman–Crippen MR) is 175 cm³/mol. The molecule has 47 heavy (non-hydrogen) atoms. The lowest BCUT2D eigenvalue weighted by molar-refractivity contribution is 0.107. The molecule has 0 spiro atoms. The van der Waals surface area contributed by atoms with E-state index in [1.54, 1.807) is 29.9 Å². The van der Waals surface area contributed by atoms with E-state index in [4.69, 9.17) is 26.2 Å². The van der Waals surface area contributed by atoms with Gasteiger partial charge in [0.1, 0.15) is 35.4 Å². The number of fused-ring (bicyclic) bond motifs is 7. The minimum absolute atomic E-state index is 0.0586. The summed E-state index contributed by atoms with van der Waals surface area (Å²) in [5.41, 5.74) is 0.775. The highest BCUT2D eigenvalue weighted by molar-refractivity contribution is 6.18. The van der Waals surface area contributed by atoms with Gasteiger partial charge in [-0.1, -0.05) is 30.2 Å². The zero-order valence-corrected chi connectivity index (χ0v) is 26.1. The van der Waals surface area contributed by atoms with E-state index in [2.05, 4.69) is 21.0 Å². The highest BCUT2D eigenvalue weighted by atomic mass is 19.1. The summed E-state index contributed by atoms with van der Waals surface area (Å²) in [5.74, 6) is 1.92. The van der Waals surface area contributed by atoms with E-state index in [1.807, 2.05) is 12.3 Å². The molecule has 0 amide bonds. The molecule has 8 nitrogen and oxygen atoms in total. The van der Waals surface area contributed by atoms with Crippen LogP contribution in [0.15, 0.2) is 36.5 Å². The zero-order chi connectivity index (χ0) is 32.0. The number of hydrogen-bond acceptors (Lipinski definition) is 7. The van der Waals surface area contributed by atoms with Crippen molar-refractivity contribution in [3.05, 3.63) is 53.7 Å². The van der Waals surface area contributed by atoms with Crippen LogP contribution in [0.2, 0.25) is 0 Å². The van der Waals surface area contributed by atoms with Crippen molar-refractivity contribution in [1.82, 2.24) is 30.0 Å². The zero-order valence-electron chi connectivity index (χ0n) is 26.1. The molecule has 4 aliphatic rings. The number of anilines is 1. The van der Waals surface area contributed by atoms with Crippen molar-refractivity contribution in [3.8, 4) is 29.5 Å². The molecule has 4 fully saturated rings. The van der Waals surface area contributed by atoms with Crippen molar-refractivity contribution < 1.29 is 17.9 Å². The molecule has 2 bridgehead atoms. The van der Waals surface area contributed by atoms with Gasteiger partial charge in [-0.15, -0.1) is 6.42 Å². The summed E-state index contributed by atoms with van der Waals surface area (Å²) in [6, 6.07) is 9.01. The highest BCUT2D eigenvalue weighted by Gasteiger charge is 2.49. The number of terminal acetylenes is 1. The number of nitrogens with zero attached hydrogens (tertiary/aromatic N) is 6. The Hall–Kier alpha value is -4.40. The Bertz CT molecular complexity index is 2130. The van der Waals surface area contributed by atoms with Gasteiger partial charge in [-0.05, 0) is 49.2 Å². The van der Waals surface area contributed by atoms with Crippen LogP contribution in [0.4, 0.5) is 19.0 Å². The largest absolute Gasteiger partial charge is 0.461 e. The SMILES string of the molecule is C#Cc1c(F)ccc2cccc(-c3c(F)c4nc(OC[C@@]56CCCN5C[C@H](F)C6)nc(N5C[C@H]6CC[C@@H](C5)N6)c4c4cn(C)nc34)c12. The molecular formula is C36H34F3N7O. The van der Waals surface area contributed by atoms with Crippen molar-refractivity contribution in [2.75, 3.05) is 37.7 Å². The van der Waals surface area contributed by atoms with E-state index in [9.17, 15) is 4.39 Å². The number of nitrogens with one attached hydrogen (secondary N) is 1. The van der Waals surface area contributed by atoms with Crippen molar-refractivity contribution >= 4 is 38.4 Å². The third-order valence-corrected chi connectivity index (χ3v) is 10.8. The Kier molecular flexibility index (Phi) is 6.47. The van der Waals surface area contributed by atoms with Gasteiger partial charge in [0.15, 0.2) is 5.82 Å². The van der Waals surface area contributed by atoms with Crippen LogP contribution >= 0.6 is 0 Å². The monoisotopic (exact) mass is 637 g/mol. The second-order valence-electron chi connectivity index (χ2n) is 13.7. The minimum Gasteiger partial charge on any atom is -0.461 e. The maximum atomic E-state index is 17.4. The van der Waals surface area contributed by atoms with E-state index in [0.717, 1.165) is 32.2 Å². The molecule has 5 aromatic rings. The second-order valence-corrected chi connectivity index (χ2v) is 13.7. The average molecular weight is 638 g/mol. The van der Waals surface area contributed by atoms with Crippen LogP contribution < -0.4 is 15.0 Å². The number of benzene rings is 3. The summed E-state index contributed by atoms with van der Waals surface area (Å²) in [4.78, 5) is 14.1. The highest BCUT2D eigenvalue weighted by Crippen LogP contribution is 2.45. The molecule has 240 valence electrons. The Balaban J connectivity index is 1.28. The van der Waals surface area contributed by atoms with Crippen LogP contribution in [0.5, 0.6) is 6.01 Å². The van der Waals surface area contributed by atoms with Gasteiger partial charge in [-0.3, -0.25) is 9.58 Å². The maximum Gasteiger partial charge on any atom is 0.319 e. The Morgan fingerprint density at radius 1 is 1.06 bits per heavy atom. The Labute approximate surface area is 269 Å². The number of ether oxygens (including phenoxy) is 1. The van der Waals surface area contributed by atoms with Gasteiger partial charge >= 0.3 is 6.01 Å². The summed E-state index contributed by atoms with van der Waals surface area (Å²) < 4.78 is 55.1. The third kappa shape index (κ3) is 4.41. The normalized spacial score (nSPS) is 25.7. The molecule has 0 saturated carbocycles. The van der Waals surface area contributed by atoms with Crippen LogP contribution in [-0.2, 0) is 7.05 Å². The van der Waals surface area contributed by atoms with E-state index in [-0.39, 0.29) is 29.3 Å². The summed E-state index contributed by atoms with van der Waals surface area (Å²) in [6.45, 7) is 2.88. The standard InChI is InChI=1S/C36H34F3N7O/c1-3-24-27(38)11-8-20-6-4-7-25(28(20)24)29-31(39)33-30(26-18-44(2)43-32(26)29)34(45-16-22-9-10-23(17-45)40-22)42-35(41-33)47-19-36-12-5-13-46(36)15-21(37)14-36/h1,4,6-8,11,18,21-23,40H,5,9-10,12-17,19H2,2H3/t21-,22-,23+,36+/m1/s1. The van der Waals surface area contributed by atoms with E-state index >= 15 is 8.78 Å². The van der Waals surface area contributed by atoms with Gasteiger partial charge in [-0.25, -0.2) is 13.2 Å². The fourth-order valence-corrected chi connectivity index (χ4v) is 8.77. The number of hydrogen-bond donors (Lipinski definition) is 1. The van der Waals surface area contributed by atoms with Gasteiger partial charge in [0.25, 0.3) is 0 Å². The van der Waals surface area contributed by atoms with Gasteiger partial charge in [0.2, 0.25) is 0 Å². The molecule has 3 aromatic carbocycles. The minimum atomic E-state index is -0.902. The van der Waals surface area contributed by atoms with E-state index in [0.29, 0.717) is 76.6 Å². The molecule has 1 N–H and O–H groups in total. The van der Waals surface area contributed by atoms with Crippen LogP contribution in [0.3, 0.4) is 0 Å². The van der Waals surface area contributed by atoms with Gasteiger partial charge < -0.3 is 15.0 Å². The van der Waals surface area contributed by atoms with Crippen molar-refractivity contribution in [3.63, 3.8) is 0 Å². The lowest BCUT2D eigenvalue weighted by atomic mass is 9.92. The molecule has 2 aromatic heterocycles. The Morgan fingerprint density at radius 3 is 2.70 bits per heavy atom. The lowest BCUT2D eigenvalue weighted by Gasteiger charge is -2.35. The first-order valence-corrected chi connectivity index (χ1v) is 16.4. The number of rotatable bonds is 5. The summed E-state index contributed by atoms with van der Waals surface area (Å²) in [5, 5.41) is 10.8. The fraction of sp³-hybridized carbons (Fsp3) is 0.417. The van der Waals surface area contributed by atoms with Crippen LogP contribution in [0, 0.1) is 24.0 Å². The maximum absolute atomic E-state index is 17.4. The van der Waals surface area contributed by atoms with Gasteiger partial charge in [0, 0.05) is 67.7 Å². The third-order valence-electron chi connectivity index (χ3n) is 10.8. The average Bonchev–Trinajstić information content (AvgIpc) is 3.81. The second kappa shape index (κ2) is 10.6. The molecular weight excluding hydrogens is 603 g/mol. The first kappa shape index (κ1) is 28.8. The van der Waals surface area contributed by atoms with Crippen molar-refractivity contribution in [2.24, 2.45) is 7.05 Å². The van der Waals surface area contributed by atoms with E-state index < -0.39 is 23.3 Å². The first-order valence-electron chi connectivity index (χ1n) is 16.4.